The van der Waals surface area contributed by atoms with Gasteiger partial charge in [-0.15, -0.1) is 0 Å². The summed E-state index contributed by atoms with van der Waals surface area (Å²) in [6.07, 6.45) is 11.0. The molecule has 2 fully saturated rings. The minimum absolute atomic E-state index is 0.201. The van der Waals surface area contributed by atoms with Crippen LogP contribution >= 0.6 is 0 Å². The number of piperidine rings is 1. The van der Waals surface area contributed by atoms with Gasteiger partial charge >= 0.3 is 0 Å². The van der Waals surface area contributed by atoms with Crippen molar-refractivity contribution in [3.8, 4) is 11.1 Å². The molecule has 0 spiro atoms. The summed E-state index contributed by atoms with van der Waals surface area (Å²) in [5.74, 6) is 1.16. The van der Waals surface area contributed by atoms with Crippen LogP contribution in [-0.2, 0) is 6.42 Å². The Bertz CT molecular complexity index is 1210. The van der Waals surface area contributed by atoms with Crippen LogP contribution in [0.1, 0.15) is 71.5 Å². The third kappa shape index (κ3) is 5.32. The molecule has 4 N–H and O–H groups in total. The molecule has 0 bridgehead atoms. The summed E-state index contributed by atoms with van der Waals surface area (Å²) in [6.45, 7) is 12.3. The van der Waals surface area contributed by atoms with Gasteiger partial charge in [0, 0.05) is 49.2 Å². The predicted molar refractivity (Wildman–Crippen MR) is 144 cm³/mol. The maximum absolute atomic E-state index is 9.97. The van der Waals surface area contributed by atoms with Crippen molar-refractivity contribution in [2.45, 2.75) is 84.4 Å². The minimum atomic E-state index is -0.248. The molecule has 1 aliphatic heterocycles. The highest BCUT2D eigenvalue weighted by Crippen LogP contribution is 2.33. The number of aromatic nitrogens is 5. The molecule has 1 saturated heterocycles. The summed E-state index contributed by atoms with van der Waals surface area (Å²) in [6, 6.07) is 0.596. The second-order valence-corrected chi connectivity index (χ2v) is 11.7. The second-order valence-electron chi connectivity index (χ2n) is 11.7. The molecule has 9 nitrogen and oxygen atoms in total. The van der Waals surface area contributed by atoms with Crippen LogP contribution in [0.3, 0.4) is 0 Å². The van der Waals surface area contributed by atoms with Gasteiger partial charge in [-0.3, -0.25) is 4.68 Å². The van der Waals surface area contributed by atoms with Crippen molar-refractivity contribution < 1.29 is 5.11 Å². The van der Waals surface area contributed by atoms with Crippen LogP contribution < -0.4 is 11.1 Å². The molecule has 3 aromatic heterocycles. The fourth-order valence-electron chi connectivity index (χ4n) is 5.64. The van der Waals surface area contributed by atoms with Gasteiger partial charge in [-0.05, 0) is 43.9 Å². The highest BCUT2D eigenvalue weighted by Gasteiger charge is 2.26. The fraction of sp³-hybridized carbons (Fsp3) is 0.630. The smallest absolute Gasteiger partial charge is 0.151 e. The summed E-state index contributed by atoms with van der Waals surface area (Å²) in [5, 5.41) is 18.2. The summed E-state index contributed by atoms with van der Waals surface area (Å²) < 4.78 is 2.11. The van der Waals surface area contributed by atoms with Crippen LogP contribution in [0.5, 0.6) is 0 Å². The van der Waals surface area contributed by atoms with Gasteiger partial charge in [-0.1, -0.05) is 27.7 Å². The molecule has 2 atom stereocenters. The first-order chi connectivity index (χ1) is 17.2. The average molecular weight is 493 g/mol. The topological polar surface area (TPSA) is 118 Å². The molecule has 2 aliphatic rings. The van der Waals surface area contributed by atoms with E-state index in [0.717, 1.165) is 86.3 Å². The molecular weight excluding hydrogens is 452 g/mol. The minimum Gasteiger partial charge on any atom is -0.393 e. The maximum Gasteiger partial charge on any atom is 0.151 e. The second kappa shape index (κ2) is 9.94. The van der Waals surface area contributed by atoms with Gasteiger partial charge in [0.15, 0.2) is 5.82 Å². The van der Waals surface area contributed by atoms with E-state index in [1.807, 2.05) is 6.20 Å². The number of hydrogen-bond acceptors (Lipinski definition) is 8. The Hall–Kier alpha value is -2.78. The number of aryl methyl sites for hydroxylation is 1. The normalized spacial score (nSPS) is 21.9. The van der Waals surface area contributed by atoms with Crippen LogP contribution in [0.25, 0.3) is 22.2 Å². The number of anilines is 2. The van der Waals surface area contributed by atoms with Crippen molar-refractivity contribution in [1.29, 1.82) is 0 Å². The lowest BCUT2D eigenvalue weighted by Crippen LogP contribution is -2.39. The number of rotatable bonds is 6. The van der Waals surface area contributed by atoms with Crippen molar-refractivity contribution in [3.63, 3.8) is 0 Å². The lowest BCUT2D eigenvalue weighted by molar-refractivity contribution is 0.135. The van der Waals surface area contributed by atoms with E-state index in [4.69, 9.17) is 20.8 Å². The number of aliphatic hydroxyl groups excluding tert-OH is 1. The zero-order valence-corrected chi connectivity index (χ0v) is 22.0. The molecule has 194 valence electrons. The Morgan fingerprint density at radius 2 is 1.86 bits per heavy atom. The molecule has 3 aromatic rings. The van der Waals surface area contributed by atoms with Crippen molar-refractivity contribution in [2.75, 3.05) is 30.7 Å². The Balaban J connectivity index is 1.41. The zero-order chi connectivity index (χ0) is 25.4. The SMILES string of the molecule is CCc1nc2c(N)ncc(-c3cnn(C4CCN(CC(C)(C)C)CC4)c3)c2nc1N[C@@H]1CC[C@H](O)C1. The number of nitrogens with zero attached hydrogens (tertiary/aromatic N) is 6. The van der Waals surface area contributed by atoms with Crippen molar-refractivity contribution in [2.24, 2.45) is 5.41 Å². The van der Waals surface area contributed by atoms with Gasteiger partial charge in [0.1, 0.15) is 16.9 Å². The highest BCUT2D eigenvalue weighted by atomic mass is 16.3. The molecule has 0 aromatic carbocycles. The van der Waals surface area contributed by atoms with Crippen molar-refractivity contribution in [1.82, 2.24) is 29.6 Å². The zero-order valence-electron chi connectivity index (χ0n) is 22.0. The van der Waals surface area contributed by atoms with Crippen molar-refractivity contribution in [3.05, 3.63) is 24.3 Å². The molecule has 0 radical (unpaired) electrons. The van der Waals surface area contributed by atoms with Gasteiger partial charge in [-0.25, -0.2) is 15.0 Å². The fourth-order valence-corrected chi connectivity index (χ4v) is 5.64. The van der Waals surface area contributed by atoms with Crippen molar-refractivity contribution >= 4 is 22.7 Å². The van der Waals surface area contributed by atoms with Crippen LogP contribution in [0.4, 0.5) is 11.6 Å². The molecule has 36 heavy (non-hydrogen) atoms. The molecule has 9 heteroatoms. The largest absolute Gasteiger partial charge is 0.393 e. The van der Waals surface area contributed by atoms with E-state index in [-0.39, 0.29) is 12.1 Å². The molecular formula is C27H40N8O. The Kier molecular flexibility index (Phi) is 6.87. The van der Waals surface area contributed by atoms with Crippen LogP contribution in [0.2, 0.25) is 0 Å². The summed E-state index contributed by atoms with van der Waals surface area (Å²) in [4.78, 5) is 16.9. The molecule has 0 amide bonds. The third-order valence-corrected chi connectivity index (χ3v) is 7.42. The number of likely N-dealkylation sites (tertiary alicyclic amines) is 1. The lowest BCUT2D eigenvalue weighted by Gasteiger charge is -2.35. The van der Waals surface area contributed by atoms with Crippen LogP contribution in [0.15, 0.2) is 18.6 Å². The predicted octanol–water partition coefficient (Wildman–Crippen LogP) is 4.04. The van der Waals surface area contributed by atoms with Gasteiger partial charge in [0.05, 0.1) is 24.0 Å². The summed E-state index contributed by atoms with van der Waals surface area (Å²) >= 11 is 0. The van der Waals surface area contributed by atoms with Crippen LogP contribution in [0, 0.1) is 5.41 Å². The Morgan fingerprint density at radius 3 is 2.53 bits per heavy atom. The van der Waals surface area contributed by atoms with Gasteiger partial charge in [0.25, 0.3) is 0 Å². The van der Waals surface area contributed by atoms with Gasteiger partial charge in [-0.2, -0.15) is 5.10 Å². The number of aliphatic hydroxyl groups is 1. The molecule has 4 heterocycles. The standard InChI is InChI=1S/C27H40N8O/c1-5-22-26(31-18-6-7-20(36)12-18)33-23-21(14-29-25(28)24(23)32-22)17-13-30-35(15-17)19-8-10-34(11-9-19)16-27(2,3)4/h13-15,18-20,36H,5-12,16H2,1-4H3,(H2,28,29)(H,31,33)/t18-,20+/m1/s1. The van der Waals surface area contributed by atoms with Gasteiger partial charge < -0.3 is 21.1 Å². The summed E-state index contributed by atoms with van der Waals surface area (Å²) in [5.41, 5.74) is 10.7. The monoisotopic (exact) mass is 492 g/mol. The van der Waals surface area contributed by atoms with E-state index in [0.29, 0.717) is 22.8 Å². The first-order valence-corrected chi connectivity index (χ1v) is 13.4. The quantitative estimate of drug-likeness (QED) is 0.472. The van der Waals surface area contributed by atoms with E-state index in [1.165, 1.54) is 0 Å². The van der Waals surface area contributed by atoms with E-state index in [9.17, 15) is 5.11 Å². The van der Waals surface area contributed by atoms with E-state index in [1.54, 1.807) is 6.20 Å². The first-order valence-electron chi connectivity index (χ1n) is 13.4. The Labute approximate surface area is 213 Å². The number of nitrogens with two attached hydrogens (primary N) is 1. The molecule has 1 saturated carbocycles. The molecule has 0 unspecified atom stereocenters. The Morgan fingerprint density at radius 1 is 1.08 bits per heavy atom. The van der Waals surface area contributed by atoms with Crippen LogP contribution in [-0.4, -0.2) is 66.5 Å². The number of hydrogen-bond donors (Lipinski definition) is 3. The lowest BCUT2D eigenvalue weighted by atomic mass is 9.94. The number of fused-ring (bicyclic) bond motifs is 1. The third-order valence-electron chi connectivity index (χ3n) is 7.42. The first kappa shape index (κ1) is 24.9. The highest BCUT2D eigenvalue weighted by molar-refractivity contribution is 5.96. The van der Waals surface area contributed by atoms with E-state index in [2.05, 4.69) is 53.8 Å². The maximum atomic E-state index is 9.97. The van der Waals surface area contributed by atoms with E-state index < -0.39 is 0 Å². The van der Waals surface area contributed by atoms with Gasteiger partial charge in [0.2, 0.25) is 0 Å². The van der Waals surface area contributed by atoms with E-state index >= 15 is 0 Å². The number of pyridine rings is 1. The average Bonchev–Trinajstić information content (AvgIpc) is 3.48. The summed E-state index contributed by atoms with van der Waals surface area (Å²) in [7, 11) is 0. The molecule has 1 aliphatic carbocycles. The molecule has 5 rings (SSSR count). The number of nitrogens with one attached hydrogen (secondary N) is 1. The number of nitrogen functional groups attached to an aromatic ring is 1.